The summed E-state index contributed by atoms with van der Waals surface area (Å²) >= 11 is 0. The third-order valence-electron chi connectivity index (χ3n) is 4.92. The summed E-state index contributed by atoms with van der Waals surface area (Å²) in [5.41, 5.74) is 15.3. The minimum Gasteiger partial charge on any atom is -0.534 e. The molecule has 0 spiro atoms. The molecule has 3 rings (SSSR count). The van der Waals surface area contributed by atoms with Crippen molar-refractivity contribution in [2.24, 2.45) is 11.5 Å². The fraction of sp³-hybridized carbons (Fsp3) is 0.300. The van der Waals surface area contributed by atoms with Crippen molar-refractivity contribution in [1.29, 1.82) is 0 Å². The number of para-hydroxylation sites is 1. The zero-order valence-electron chi connectivity index (χ0n) is 15.8. The Kier molecular flexibility index (Phi) is 6.13. The highest BCUT2D eigenvalue weighted by Crippen LogP contribution is 2.30. The van der Waals surface area contributed by atoms with Crippen molar-refractivity contribution in [1.82, 2.24) is 5.32 Å². The average Bonchev–Trinajstić information content (AvgIpc) is 2.67. The largest absolute Gasteiger partial charge is 0.547 e. The van der Waals surface area contributed by atoms with Gasteiger partial charge in [-0.25, -0.2) is 0 Å². The number of benzene rings is 2. The van der Waals surface area contributed by atoms with E-state index in [4.69, 9.17) is 16.1 Å². The van der Waals surface area contributed by atoms with Crippen LogP contribution in [0.3, 0.4) is 0 Å². The van der Waals surface area contributed by atoms with Crippen LogP contribution in [0, 0.1) is 0 Å². The summed E-state index contributed by atoms with van der Waals surface area (Å²) in [6.07, 6.45) is 0.533. The zero-order chi connectivity index (χ0) is 20.3. The molecule has 0 bridgehead atoms. The zero-order valence-corrected chi connectivity index (χ0v) is 15.8. The molecule has 1 aliphatic rings. The molecular formula is C20H24BN3O4. The number of nitrogens with two attached hydrogens (primary N) is 2. The molecule has 0 saturated heterocycles. The molecule has 8 heteroatoms. The van der Waals surface area contributed by atoms with Crippen LogP contribution in [0.1, 0.15) is 39.5 Å². The van der Waals surface area contributed by atoms with Gasteiger partial charge in [-0.15, -0.1) is 0 Å². The molecule has 2 aromatic carbocycles. The second-order valence-corrected chi connectivity index (χ2v) is 6.92. The predicted octanol–water partition coefficient (Wildman–Crippen LogP) is 0.489. The molecule has 1 heterocycles. The quantitative estimate of drug-likeness (QED) is 0.426. The molecule has 0 aromatic heterocycles. The second kappa shape index (κ2) is 8.56. The summed E-state index contributed by atoms with van der Waals surface area (Å²) < 4.78 is 5.54. The van der Waals surface area contributed by atoms with E-state index in [0.29, 0.717) is 30.8 Å². The van der Waals surface area contributed by atoms with Gasteiger partial charge in [0.2, 0.25) is 5.91 Å². The lowest BCUT2D eigenvalue weighted by Gasteiger charge is -2.29. The van der Waals surface area contributed by atoms with E-state index in [1.807, 2.05) is 24.3 Å². The number of hydrogen-bond acceptors (Lipinski definition) is 6. The number of hydrogen-bond donors (Lipinski definition) is 4. The summed E-state index contributed by atoms with van der Waals surface area (Å²) in [4.78, 5) is 24.2. The summed E-state index contributed by atoms with van der Waals surface area (Å²) in [6.45, 7) is 2.20. The number of ketones is 1. The van der Waals surface area contributed by atoms with E-state index in [-0.39, 0.29) is 18.1 Å². The van der Waals surface area contributed by atoms with E-state index in [1.54, 1.807) is 12.1 Å². The van der Waals surface area contributed by atoms with Crippen LogP contribution in [-0.4, -0.2) is 29.8 Å². The lowest BCUT2D eigenvalue weighted by Crippen LogP contribution is -2.53. The number of fused-ring (bicyclic) bond motifs is 1. The number of Topliss-reactive ketones (excluding diaryl/α,β-unsaturated/α-hetero) is 1. The van der Waals surface area contributed by atoms with Crippen LogP contribution in [0.2, 0.25) is 0 Å². The highest BCUT2D eigenvalue weighted by Gasteiger charge is 2.37. The first-order chi connectivity index (χ1) is 13.4. The maximum atomic E-state index is 12.5. The molecule has 6 N–H and O–H groups in total. The van der Waals surface area contributed by atoms with Gasteiger partial charge in [0, 0.05) is 13.1 Å². The third kappa shape index (κ3) is 4.25. The molecule has 1 aliphatic heterocycles. The van der Waals surface area contributed by atoms with Gasteiger partial charge in [-0.1, -0.05) is 30.3 Å². The van der Waals surface area contributed by atoms with Crippen LogP contribution in [0.15, 0.2) is 36.4 Å². The van der Waals surface area contributed by atoms with E-state index < -0.39 is 13.1 Å². The standard InChI is InChI=1S/C20H24BN3O4/c1-12(25)17-4-2-3-14-9-18(21(27)28-20(14)17)24-19(26)8-13-5-6-15(10-22)16(7-13)11-23/h2-7,18,27H,8-11,22-23H2,1H3,(H,24,26)/t18-/m0/s1. The fourth-order valence-corrected chi connectivity index (χ4v) is 3.45. The van der Waals surface area contributed by atoms with Gasteiger partial charge in [0.1, 0.15) is 5.75 Å². The highest BCUT2D eigenvalue weighted by atomic mass is 16.5. The molecule has 0 fully saturated rings. The summed E-state index contributed by atoms with van der Waals surface area (Å²) in [6, 6.07) is 10.9. The normalized spacial score (nSPS) is 15.6. The monoisotopic (exact) mass is 381 g/mol. The summed E-state index contributed by atoms with van der Waals surface area (Å²) in [5, 5.41) is 13.1. The lowest BCUT2D eigenvalue weighted by atomic mass is 9.72. The fourth-order valence-electron chi connectivity index (χ4n) is 3.45. The van der Waals surface area contributed by atoms with Crippen LogP contribution in [-0.2, 0) is 30.7 Å². The van der Waals surface area contributed by atoms with Crippen LogP contribution in [0.4, 0.5) is 0 Å². The molecule has 7 nitrogen and oxygen atoms in total. The lowest BCUT2D eigenvalue weighted by molar-refractivity contribution is -0.120. The van der Waals surface area contributed by atoms with E-state index in [0.717, 1.165) is 22.3 Å². The van der Waals surface area contributed by atoms with E-state index >= 15 is 0 Å². The van der Waals surface area contributed by atoms with Gasteiger partial charge in [-0.05, 0) is 41.7 Å². The van der Waals surface area contributed by atoms with Gasteiger partial charge in [0.05, 0.1) is 17.9 Å². The molecular weight excluding hydrogens is 357 g/mol. The van der Waals surface area contributed by atoms with E-state index in [1.165, 1.54) is 6.92 Å². The van der Waals surface area contributed by atoms with Gasteiger partial charge >= 0.3 is 7.12 Å². The molecule has 0 aliphatic carbocycles. The van der Waals surface area contributed by atoms with Gasteiger partial charge in [-0.2, -0.15) is 0 Å². The van der Waals surface area contributed by atoms with Gasteiger partial charge < -0.3 is 26.5 Å². The Bertz CT molecular complexity index is 903. The van der Waals surface area contributed by atoms with Crippen LogP contribution < -0.4 is 21.4 Å². The number of carbonyl (C=O) groups excluding carboxylic acids is 2. The van der Waals surface area contributed by atoms with Crippen LogP contribution in [0.5, 0.6) is 5.75 Å². The van der Waals surface area contributed by atoms with Crippen molar-refractivity contribution in [3.05, 3.63) is 64.2 Å². The maximum absolute atomic E-state index is 12.5. The topological polar surface area (TPSA) is 128 Å². The minimum atomic E-state index is -1.23. The first kappa shape index (κ1) is 20.1. The first-order valence-electron chi connectivity index (χ1n) is 9.20. The second-order valence-electron chi connectivity index (χ2n) is 6.92. The first-order valence-corrected chi connectivity index (χ1v) is 9.20. The summed E-state index contributed by atoms with van der Waals surface area (Å²) in [7, 11) is -1.23. The number of amides is 1. The SMILES string of the molecule is CC(=O)c1cccc2c1OB(O)[C@@H](NC(=O)Cc1ccc(CN)c(CN)c1)C2. The van der Waals surface area contributed by atoms with Crippen LogP contribution in [0.25, 0.3) is 0 Å². The smallest absolute Gasteiger partial charge is 0.534 e. The van der Waals surface area contributed by atoms with Gasteiger partial charge in [0.15, 0.2) is 5.78 Å². The van der Waals surface area contributed by atoms with Crippen molar-refractivity contribution in [2.75, 3.05) is 0 Å². The third-order valence-corrected chi connectivity index (χ3v) is 4.92. The van der Waals surface area contributed by atoms with Gasteiger partial charge in [-0.3, -0.25) is 9.59 Å². The molecule has 1 atom stereocenters. The Balaban J connectivity index is 1.70. The maximum Gasteiger partial charge on any atom is 0.547 e. The Morgan fingerprint density at radius 2 is 1.96 bits per heavy atom. The Morgan fingerprint density at radius 1 is 1.21 bits per heavy atom. The van der Waals surface area contributed by atoms with E-state index in [2.05, 4.69) is 5.32 Å². The molecule has 0 saturated carbocycles. The van der Waals surface area contributed by atoms with Crippen LogP contribution >= 0.6 is 0 Å². The van der Waals surface area contributed by atoms with E-state index in [9.17, 15) is 14.6 Å². The van der Waals surface area contributed by atoms with Crippen molar-refractivity contribution in [3.63, 3.8) is 0 Å². The number of rotatable bonds is 6. The summed E-state index contributed by atoms with van der Waals surface area (Å²) in [5.74, 6) is -0.581. The molecule has 1 amide bonds. The molecule has 0 radical (unpaired) electrons. The van der Waals surface area contributed by atoms with Crippen molar-refractivity contribution in [3.8, 4) is 5.75 Å². The van der Waals surface area contributed by atoms with Gasteiger partial charge in [0.25, 0.3) is 0 Å². The Labute approximate surface area is 164 Å². The van der Waals surface area contributed by atoms with Crippen molar-refractivity contribution >= 4 is 18.8 Å². The molecule has 0 unspecified atom stereocenters. The van der Waals surface area contributed by atoms with Crippen molar-refractivity contribution < 1.29 is 19.3 Å². The highest BCUT2D eigenvalue weighted by molar-refractivity contribution is 6.47. The van der Waals surface area contributed by atoms with Crippen molar-refractivity contribution in [2.45, 2.75) is 38.8 Å². The molecule has 146 valence electrons. The Morgan fingerprint density at radius 3 is 2.64 bits per heavy atom. The average molecular weight is 381 g/mol. The predicted molar refractivity (Wildman–Crippen MR) is 107 cm³/mol. The number of carbonyl (C=O) groups is 2. The molecule has 28 heavy (non-hydrogen) atoms. The Hall–Kier alpha value is -2.68. The molecule has 2 aromatic rings. The minimum absolute atomic E-state index is 0.136. The number of nitrogens with one attached hydrogen (secondary N) is 1.